The molecule has 4 rings (SSSR count). The molecule has 0 spiro atoms. The van der Waals surface area contributed by atoms with Gasteiger partial charge >= 0.3 is 6.18 Å². The second-order valence-electron chi connectivity index (χ2n) is 7.05. The molecule has 3 aromatic rings. The molecule has 146 valence electrons. The number of fused-ring (bicyclic) bond motifs is 1. The summed E-state index contributed by atoms with van der Waals surface area (Å²) in [5, 5.41) is 0.754. The van der Waals surface area contributed by atoms with Gasteiger partial charge in [-0.2, -0.15) is 13.2 Å². The molecule has 1 fully saturated rings. The molecule has 3 heterocycles. The van der Waals surface area contributed by atoms with Crippen molar-refractivity contribution in [2.24, 2.45) is 0 Å². The lowest BCUT2D eigenvalue weighted by Gasteiger charge is -2.39. The van der Waals surface area contributed by atoms with E-state index < -0.39 is 11.7 Å². The van der Waals surface area contributed by atoms with Gasteiger partial charge in [-0.15, -0.1) is 0 Å². The molecule has 0 amide bonds. The van der Waals surface area contributed by atoms with Gasteiger partial charge in [0, 0.05) is 61.9 Å². The van der Waals surface area contributed by atoms with Gasteiger partial charge in [-0.3, -0.25) is 14.9 Å². The Kier molecular flexibility index (Phi) is 4.93. The van der Waals surface area contributed by atoms with Crippen molar-refractivity contribution in [2.45, 2.75) is 19.1 Å². The van der Waals surface area contributed by atoms with Crippen LogP contribution >= 0.6 is 0 Å². The first-order valence-corrected chi connectivity index (χ1v) is 9.28. The van der Waals surface area contributed by atoms with Crippen molar-refractivity contribution < 1.29 is 13.2 Å². The van der Waals surface area contributed by atoms with E-state index in [0.29, 0.717) is 5.52 Å². The van der Waals surface area contributed by atoms with Gasteiger partial charge in [0.1, 0.15) is 0 Å². The third-order valence-corrected chi connectivity index (χ3v) is 5.42. The minimum Gasteiger partial charge on any atom is -0.368 e. The van der Waals surface area contributed by atoms with Gasteiger partial charge in [0.15, 0.2) is 0 Å². The Morgan fingerprint density at radius 1 is 1.00 bits per heavy atom. The van der Waals surface area contributed by atoms with Gasteiger partial charge in [-0.25, -0.2) is 0 Å². The Morgan fingerprint density at radius 3 is 2.46 bits per heavy atom. The topological polar surface area (TPSA) is 32.3 Å². The maximum Gasteiger partial charge on any atom is 0.416 e. The van der Waals surface area contributed by atoms with Crippen LogP contribution in [-0.4, -0.2) is 41.0 Å². The van der Waals surface area contributed by atoms with Crippen LogP contribution in [0.2, 0.25) is 0 Å². The van der Waals surface area contributed by atoms with E-state index in [1.807, 2.05) is 18.3 Å². The number of halogens is 3. The molecule has 4 nitrogen and oxygen atoms in total. The molecule has 0 radical (unpaired) electrons. The number of hydrogen-bond donors (Lipinski definition) is 0. The van der Waals surface area contributed by atoms with Crippen LogP contribution in [0.4, 0.5) is 18.9 Å². The summed E-state index contributed by atoms with van der Waals surface area (Å²) in [6.07, 6.45) is 0.890. The molecule has 28 heavy (non-hydrogen) atoms. The van der Waals surface area contributed by atoms with Gasteiger partial charge in [-0.1, -0.05) is 12.1 Å². The van der Waals surface area contributed by atoms with Gasteiger partial charge in [-0.05, 0) is 36.8 Å². The van der Waals surface area contributed by atoms with E-state index in [0.717, 1.165) is 49.4 Å². The highest BCUT2D eigenvalue weighted by molar-refractivity contribution is 5.92. The van der Waals surface area contributed by atoms with E-state index in [-0.39, 0.29) is 6.04 Å². The molecule has 1 aromatic carbocycles. The standard InChI is InChI=1S/C21H21F3N4/c1-15(16-3-2-7-25-14-16)27-9-11-28(12-10-27)20-6-8-26-19-13-17(21(22,23)24)4-5-18(19)20/h2-8,13-15H,9-12H2,1H3. The molecule has 0 bridgehead atoms. The van der Waals surface area contributed by atoms with Gasteiger partial charge in [0.2, 0.25) is 0 Å². The summed E-state index contributed by atoms with van der Waals surface area (Å²) < 4.78 is 38.9. The molecule has 0 saturated carbocycles. The Morgan fingerprint density at radius 2 is 1.79 bits per heavy atom. The molecule has 1 atom stereocenters. The Bertz CT molecular complexity index is 951. The Hall–Kier alpha value is -2.67. The quantitative estimate of drug-likeness (QED) is 0.662. The van der Waals surface area contributed by atoms with Gasteiger partial charge < -0.3 is 4.90 Å². The van der Waals surface area contributed by atoms with E-state index >= 15 is 0 Å². The van der Waals surface area contributed by atoms with Crippen LogP contribution in [0.15, 0.2) is 55.0 Å². The minimum absolute atomic E-state index is 0.277. The summed E-state index contributed by atoms with van der Waals surface area (Å²) >= 11 is 0. The summed E-state index contributed by atoms with van der Waals surface area (Å²) in [4.78, 5) is 13.0. The number of benzene rings is 1. The lowest BCUT2D eigenvalue weighted by molar-refractivity contribution is -0.137. The van der Waals surface area contributed by atoms with Crippen LogP contribution < -0.4 is 4.90 Å². The van der Waals surface area contributed by atoms with Gasteiger partial charge in [0.25, 0.3) is 0 Å². The van der Waals surface area contributed by atoms with Crippen molar-refractivity contribution in [1.29, 1.82) is 0 Å². The predicted octanol–water partition coefficient (Wildman–Crippen LogP) is 4.53. The summed E-state index contributed by atoms with van der Waals surface area (Å²) in [5.41, 5.74) is 1.83. The van der Waals surface area contributed by atoms with Crippen LogP contribution in [-0.2, 0) is 6.18 Å². The third-order valence-electron chi connectivity index (χ3n) is 5.42. The Balaban J connectivity index is 1.52. The zero-order valence-corrected chi connectivity index (χ0v) is 15.5. The lowest BCUT2D eigenvalue weighted by Crippen LogP contribution is -2.47. The van der Waals surface area contributed by atoms with Crippen molar-refractivity contribution in [3.8, 4) is 0 Å². The SMILES string of the molecule is CC(c1cccnc1)N1CCN(c2ccnc3cc(C(F)(F)F)ccc23)CC1. The number of rotatable bonds is 3. The second-order valence-corrected chi connectivity index (χ2v) is 7.05. The molecule has 0 aliphatic carbocycles. The molecule has 1 aliphatic rings. The third kappa shape index (κ3) is 3.67. The number of anilines is 1. The monoisotopic (exact) mass is 386 g/mol. The Labute approximate surface area is 161 Å². The molecule has 1 aliphatic heterocycles. The van der Waals surface area contributed by atoms with Crippen LogP contribution in [0.1, 0.15) is 24.1 Å². The fourth-order valence-corrected chi connectivity index (χ4v) is 3.77. The highest BCUT2D eigenvalue weighted by atomic mass is 19.4. The highest BCUT2D eigenvalue weighted by Gasteiger charge is 2.31. The van der Waals surface area contributed by atoms with Gasteiger partial charge in [0.05, 0.1) is 11.1 Å². The molecule has 0 N–H and O–H groups in total. The smallest absolute Gasteiger partial charge is 0.368 e. The summed E-state index contributed by atoms with van der Waals surface area (Å²) in [7, 11) is 0. The van der Waals surface area contributed by atoms with Crippen LogP contribution in [0.5, 0.6) is 0 Å². The number of aromatic nitrogens is 2. The van der Waals surface area contributed by atoms with Crippen molar-refractivity contribution in [3.05, 3.63) is 66.1 Å². The number of hydrogen-bond acceptors (Lipinski definition) is 4. The fraction of sp³-hybridized carbons (Fsp3) is 0.333. The van der Waals surface area contributed by atoms with Crippen LogP contribution in [0.25, 0.3) is 10.9 Å². The average Bonchev–Trinajstić information content (AvgIpc) is 2.72. The zero-order valence-electron chi connectivity index (χ0n) is 15.5. The summed E-state index contributed by atoms with van der Waals surface area (Å²) in [6, 6.07) is 9.98. The first-order valence-electron chi connectivity index (χ1n) is 9.28. The molecule has 7 heteroatoms. The number of nitrogens with zero attached hydrogens (tertiary/aromatic N) is 4. The van der Waals surface area contributed by atoms with E-state index in [9.17, 15) is 13.2 Å². The van der Waals surface area contributed by atoms with E-state index in [1.165, 1.54) is 11.6 Å². The van der Waals surface area contributed by atoms with Crippen molar-refractivity contribution in [3.63, 3.8) is 0 Å². The minimum atomic E-state index is -4.36. The van der Waals surface area contributed by atoms with E-state index in [2.05, 4.69) is 32.8 Å². The fourth-order valence-electron chi connectivity index (χ4n) is 3.77. The highest BCUT2D eigenvalue weighted by Crippen LogP contribution is 2.34. The average molecular weight is 386 g/mol. The van der Waals surface area contributed by atoms with Crippen LogP contribution in [0, 0.1) is 0 Å². The lowest BCUT2D eigenvalue weighted by atomic mass is 10.1. The largest absolute Gasteiger partial charge is 0.416 e. The molecule has 2 aromatic heterocycles. The maximum absolute atomic E-state index is 13.0. The summed E-state index contributed by atoms with van der Waals surface area (Å²) in [6.45, 7) is 5.55. The van der Waals surface area contributed by atoms with Crippen molar-refractivity contribution in [1.82, 2.24) is 14.9 Å². The number of pyridine rings is 2. The zero-order chi connectivity index (χ0) is 19.7. The molecule has 1 saturated heterocycles. The van der Waals surface area contributed by atoms with Crippen molar-refractivity contribution in [2.75, 3.05) is 31.1 Å². The molecular formula is C21H21F3N4. The first-order chi connectivity index (χ1) is 13.4. The maximum atomic E-state index is 13.0. The first kappa shape index (κ1) is 18.7. The van der Waals surface area contributed by atoms with Crippen molar-refractivity contribution >= 4 is 16.6 Å². The molecular weight excluding hydrogens is 365 g/mol. The predicted molar refractivity (Wildman–Crippen MR) is 103 cm³/mol. The number of piperazine rings is 1. The van der Waals surface area contributed by atoms with E-state index in [1.54, 1.807) is 12.4 Å². The van der Waals surface area contributed by atoms with Crippen LogP contribution in [0.3, 0.4) is 0 Å². The van der Waals surface area contributed by atoms with E-state index in [4.69, 9.17) is 0 Å². The number of alkyl halides is 3. The summed E-state index contributed by atoms with van der Waals surface area (Å²) in [5.74, 6) is 0. The second kappa shape index (κ2) is 7.39. The molecule has 1 unspecified atom stereocenters. The normalized spacial score (nSPS) is 17.1.